The Kier molecular flexibility index (Phi) is 6.20. The van der Waals surface area contributed by atoms with Gasteiger partial charge in [-0.05, 0) is 17.5 Å². The standard InChI is InChI=1S/C16H22F2N2O3/c1-16(2,3)13(9-21)20(4)14(22)8-19-15(23)10-5-11(17)7-12(18)6-10/h5-7,13,21H,8-9H2,1-4H3,(H,19,23)/t13-/m1/s1. The Morgan fingerprint density at radius 1 is 1.22 bits per heavy atom. The van der Waals surface area contributed by atoms with Crippen molar-refractivity contribution in [3.8, 4) is 0 Å². The lowest BCUT2D eigenvalue weighted by Crippen LogP contribution is -2.50. The first-order valence-corrected chi connectivity index (χ1v) is 7.17. The van der Waals surface area contributed by atoms with Crippen LogP contribution in [-0.4, -0.2) is 48.1 Å². The molecule has 0 aliphatic carbocycles. The van der Waals surface area contributed by atoms with Crippen LogP contribution in [0.5, 0.6) is 0 Å². The summed E-state index contributed by atoms with van der Waals surface area (Å²) in [6, 6.07) is 2.01. The summed E-state index contributed by atoms with van der Waals surface area (Å²) in [5, 5.41) is 11.8. The van der Waals surface area contributed by atoms with Crippen molar-refractivity contribution in [1.29, 1.82) is 0 Å². The summed E-state index contributed by atoms with van der Waals surface area (Å²) in [4.78, 5) is 25.3. The second-order valence-corrected chi connectivity index (χ2v) is 6.41. The van der Waals surface area contributed by atoms with E-state index in [9.17, 15) is 23.5 Å². The van der Waals surface area contributed by atoms with Crippen molar-refractivity contribution in [1.82, 2.24) is 10.2 Å². The number of aliphatic hydroxyl groups is 1. The summed E-state index contributed by atoms with van der Waals surface area (Å²) in [6.07, 6.45) is 0. The number of aliphatic hydroxyl groups excluding tert-OH is 1. The number of rotatable bonds is 5. The molecule has 2 amide bonds. The Morgan fingerprint density at radius 3 is 2.17 bits per heavy atom. The van der Waals surface area contributed by atoms with Gasteiger partial charge in [-0.15, -0.1) is 0 Å². The number of halogens is 2. The van der Waals surface area contributed by atoms with Crippen molar-refractivity contribution < 1.29 is 23.5 Å². The van der Waals surface area contributed by atoms with Crippen LogP contribution in [0.4, 0.5) is 8.78 Å². The summed E-state index contributed by atoms with van der Waals surface area (Å²) < 4.78 is 26.2. The first kappa shape index (κ1) is 19.0. The number of carbonyl (C=O) groups is 2. The van der Waals surface area contributed by atoms with Crippen molar-refractivity contribution in [3.63, 3.8) is 0 Å². The van der Waals surface area contributed by atoms with Gasteiger partial charge in [-0.25, -0.2) is 8.78 Å². The highest BCUT2D eigenvalue weighted by Crippen LogP contribution is 2.23. The summed E-state index contributed by atoms with van der Waals surface area (Å²) in [6.45, 7) is 5.10. The van der Waals surface area contributed by atoms with E-state index in [1.807, 2.05) is 20.8 Å². The number of hydrogen-bond donors (Lipinski definition) is 2. The highest BCUT2D eigenvalue weighted by atomic mass is 19.1. The SMILES string of the molecule is CN(C(=O)CNC(=O)c1cc(F)cc(F)c1)[C@H](CO)C(C)(C)C. The molecule has 0 radical (unpaired) electrons. The van der Waals surface area contributed by atoms with Gasteiger partial charge >= 0.3 is 0 Å². The van der Waals surface area contributed by atoms with Gasteiger partial charge in [-0.2, -0.15) is 0 Å². The van der Waals surface area contributed by atoms with E-state index in [1.54, 1.807) is 0 Å². The number of nitrogens with one attached hydrogen (secondary N) is 1. The quantitative estimate of drug-likeness (QED) is 0.862. The molecule has 0 unspecified atom stereocenters. The van der Waals surface area contributed by atoms with Crippen LogP contribution in [0.3, 0.4) is 0 Å². The van der Waals surface area contributed by atoms with E-state index in [4.69, 9.17) is 0 Å². The molecule has 1 aromatic carbocycles. The van der Waals surface area contributed by atoms with E-state index in [1.165, 1.54) is 11.9 Å². The minimum Gasteiger partial charge on any atom is -0.394 e. The third-order valence-electron chi connectivity index (χ3n) is 3.56. The molecule has 0 saturated carbocycles. The molecule has 0 aliphatic rings. The maximum Gasteiger partial charge on any atom is 0.251 e. The van der Waals surface area contributed by atoms with Crippen LogP contribution in [0.1, 0.15) is 31.1 Å². The van der Waals surface area contributed by atoms with Gasteiger partial charge in [0.05, 0.1) is 19.2 Å². The fourth-order valence-electron chi connectivity index (χ4n) is 2.22. The van der Waals surface area contributed by atoms with Crippen LogP contribution in [0.15, 0.2) is 18.2 Å². The van der Waals surface area contributed by atoms with Crippen molar-refractivity contribution in [2.24, 2.45) is 5.41 Å². The first-order valence-electron chi connectivity index (χ1n) is 7.17. The summed E-state index contributed by atoms with van der Waals surface area (Å²) in [7, 11) is 1.53. The monoisotopic (exact) mass is 328 g/mol. The van der Waals surface area contributed by atoms with Crippen LogP contribution < -0.4 is 5.32 Å². The van der Waals surface area contributed by atoms with Gasteiger partial charge < -0.3 is 15.3 Å². The van der Waals surface area contributed by atoms with Crippen LogP contribution in [-0.2, 0) is 4.79 Å². The summed E-state index contributed by atoms with van der Waals surface area (Å²) in [5.74, 6) is -2.90. The molecule has 1 rings (SSSR count). The zero-order valence-corrected chi connectivity index (χ0v) is 13.7. The lowest BCUT2D eigenvalue weighted by molar-refractivity contribution is -0.134. The lowest BCUT2D eigenvalue weighted by atomic mass is 9.86. The van der Waals surface area contributed by atoms with E-state index in [-0.39, 0.29) is 24.1 Å². The first-order chi connectivity index (χ1) is 10.6. The molecule has 0 fully saturated rings. The van der Waals surface area contributed by atoms with Gasteiger partial charge in [0.2, 0.25) is 5.91 Å². The molecule has 1 aromatic rings. The van der Waals surface area contributed by atoms with E-state index < -0.39 is 29.5 Å². The maximum absolute atomic E-state index is 13.1. The van der Waals surface area contributed by atoms with Gasteiger partial charge in [-0.1, -0.05) is 20.8 Å². The average Bonchev–Trinajstić information content (AvgIpc) is 2.42. The molecule has 0 bridgehead atoms. The third kappa shape index (κ3) is 5.28. The zero-order chi connectivity index (χ0) is 17.8. The highest BCUT2D eigenvalue weighted by molar-refractivity contribution is 5.96. The molecule has 0 spiro atoms. The number of likely N-dealkylation sites (N-methyl/N-ethyl adjacent to an activating group) is 1. The predicted octanol–water partition coefficient (Wildman–Crippen LogP) is 1.56. The van der Waals surface area contributed by atoms with Gasteiger partial charge in [0.25, 0.3) is 5.91 Å². The number of carbonyl (C=O) groups excluding carboxylic acids is 2. The number of hydrogen-bond acceptors (Lipinski definition) is 3. The predicted molar refractivity (Wildman–Crippen MR) is 81.8 cm³/mol. The molecule has 1 atom stereocenters. The molecule has 0 heterocycles. The number of amides is 2. The fraction of sp³-hybridized carbons (Fsp3) is 0.500. The Bertz CT molecular complexity index is 565. The fourth-order valence-corrected chi connectivity index (χ4v) is 2.22. The van der Waals surface area contributed by atoms with Crippen molar-refractivity contribution >= 4 is 11.8 Å². The van der Waals surface area contributed by atoms with Crippen molar-refractivity contribution in [2.75, 3.05) is 20.2 Å². The summed E-state index contributed by atoms with van der Waals surface area (Å²) >= 11 is 0. The van der Waals surface area contributed by atoms with E-state index in [0.29, 0.717) is 6.07 Å². The molecular formula is C16H22F2N2O3. The maximum atomic E-state index is 13.1. The van der Waals surface area contributed by atoms with E-state index in [2.05, 4.69) is 5.32 Å². The lowest BCUT2D eigenvalue weighted by Gasteiger charge is -2.36. The van der Waals surface area contributed by atoms with Crippen LogP contribution in [0, 0.1) is 17.0 Å². The highest BCUT2D eigenvalue weighted by Gasteiger charge is 2.30. The van der Waals surface area contributed by atoms with Crippen LogP contribution in [0.25, 0.3) is 0 Å². The molecule has 7 heteroatoms. The second-order valence-electron chi connectivity index (χ2n) is 6.41. The molecule has 0 saturated heterocycles. The van der Waals surface area contributed by atoms with Crippen molar-refractivity contribution in [3.05, 3.63) is 35.4 Å². The van der Waals surface area contributed by atoms with Gasteiger partial charge in [0.15, 0.2) is 0 Å². The number of nitrogens with zero attached hydrogens (tertiary/aromatic N) is 1. The normalized spacial score (nSPS) is 12.7. The molecule has 5 nitrogen and oxygen atoms in total. The topological polar surface area (TPSA) is 69.6 Å². The summed E-state index contributed by atoms with van der Waals surface area (Å²) in [5.41, 5.74) is -0.540. The molecule has 23 heavy (non-hydrogen) atoms. The molecular weight excluding hydrogens is 306 g/mol. The molecule has 2 N–H and O–H groups in total. The molecule has 128 valence electrons. The Balaban J connectivity index is 2.70. The largest absolute Gasteiger partial charge is 0.394 e. The average molecular weight is 328 g/mol. The minimum absolute atomic E-state index is 0.201. The molecule has 0 aromatic heterocycles. The van der Waals surface area contributed by atoms with Crippen LogP contribution in [0.2, 0.25) is 0 Å². The van der Waals surface area contributed by atoms with Crippen LogP contribution >= 0.6 is 0 Å². The smallest absolute Gasteiger partial charge is 0.251 e. The second kappa shape index (κ2) is 7.50. The van der Waals surface area contributed by atoms with E-state index in [0.717, 1.165) is 12.1 Å². The van der Waals surface area contributed by atoms with Gasteiger partial charge in [0, 0.05) is 18.7 Å². The van der Waals surface area contributed by atoms with E-state index >= 15 is 0 Å². The van der Waals surface area contributed by atoms with Gasteiger partial charge in [0.1, 0.15) is 11.6 Å². The number of benzene rings is 1. The Labute approximate surface area is 134 Å². The Morgan fingerprint density at radius 2 is 1.74 bits per heavy atom. The minimum atomic E-state index is -0.869. The van der Waals surface area contributed by atoms with Gasteiger partial charge in [-0.3, -0.25) is 9.59 Å². The zero-order valence-electron chi connectivity index (χ0n) is 13.7. The third-order valence-corrected chi connectivity index (χ3v) is 3.56. The van der Waals surface area contributed by atoms with Crippen molar-refractivity contribution in [2.45, 2.75) is 26.8 Å². The Hall–Kier alpha value is -2.02. The molecule has 0 aliphatic heterocycles.